The van der Waals surface area contributed by atoms with E-state index >= 15 is 0 Å². The minimum absolute atomic E-state index is 0.0423. The molecule has 6 heteroatoms. The van der Waals surface area contributed by atoms with Gasteiger partial charge in [0.25, 0.3) is 0 Å². The maximum Gasteiger partial charge on any atom is 0.310 e. The fourth-order valence-corrected chi connectivity index (χ4v) is 1.57. The molecule has 0 aliphatic rings. The molecule has 0 fully saturated rings. The second-order valence-electron chi connectivity index (χ2n) is 4.29. The highest BCUT2D eigenvalue weighted by atomic mass is 16.6. The number of rotatable bonds is 9. The summed E-state index contributed by atoms with van der Waals surface area (Å²) in [6, 6.07) is 4.85. The van der Waals surface area contributed by atoms with Gasteiger partial charge < -0.3 is 14.8 Å². The Morgan fingerprint density at radius 2 is 2.30 bits per heavy atom. The normalized spacial score (nSPS) is 11.9. The van der Waals surface area contributed by atoms with Crippen LogP contribution < -0.4 is 10.1 Å². The van der Waals surface area contributed by atoms with Crippen LogP contribution in [0.3, 0.4) is 0 Å². The summed E-state index contributed by atoms with van der Waals surface area (Å²) in [6.07, 6.45) is 1.30. The first-order valence-corrected chi connectivity index (χ1v) is 6.34. The molecule has 20 heavy (non-hydrogen) atoms. The minimum atomic E-state index is -0.451. The van der Waals surface area contributed by atoms with Crippen LogP contribution in [0.2, 0.25) is 0 Å². The molecular weight excluding hydrogens is 260 g/mol. The lowest BCUT2D eigenvalue weighted by Gasteiger charge is -2.12. The third-order valence-corrected chi connectivity index (χ3v) is 2.68. The van der Waals surface area contributed by atoms with E-state index < -0.39 is 4.92 Å². The summed E-state index contributed by atoms with van der Waals surface area (Å²) in [5.74, 6) is 0.258. The molecule has 1 N–H and O–H groups in total. The van der Waals surface area contributed by atoms with Crippen LogP contribution in [-0.2, 0) is 11.3 Å². The lowest BCUT2D eigenvalue weighted by atomic mass is 10.2. The van der Waals surface area contributed by atoms with Gasteiger partial charge in [-0.05, 0) is 18.6 Å². The van der Waals surface area contributed by atoms with E-state index in [1.165, 1.54) is 6.07 Å². The standard InChI is InChI=1S/C14H20N2O4/c1-4-11(2)20-14-9-12(10-15-7-8-19-3)5-6-13(14)16(17)18/h4-6,9,11,15H,1,7-8,10H2,2-3H3. The first-order valence-electron chi connectivity index (χ1n) is 6.34. The summed E-state index contributed by atoms with van der Waals surface area (Å²) in [6.45, 7) is 7.31. The highest BCUT2D eigenvalue weighted by Crippen LogP contribution is 2.29. The smallest absolute Gasteiger partial charge is 0.310 e. The van der Waals surface area contributed by atoms with Gasteiger partial charge >= 0.3 is 5.69 Å². The van der Waals surface area contributed by atoms with Crippen molar-refractivity contribution in [3.8, 4) is 5.75 Å². The summed E-state index contributed by atoms with van der Waals surface area (Å²) in [7, 11) is 1.64. The van der Waals surface area contributed by atoms with Crippen molar-refractivity contribution in [2.24, 2.45) is 0 Å². The van der Waals surface area contributed by atoms with Crippen molar-refractivity contribution in [1.29, 1.82) is 0 Å². The number of nitro benzene ring substituents is 1. The van der Waals surface area contributed by atoms with Crippen LogP contribution in [0.25, 0.3) is 0 Å². The molecular formula is C14H20N2O4. The van der Waals surface area contributed by atoms with E-state index in [0.717, 1.165) is 5.56 Å². The molecule has 0 saturated carbocycles. The van der Waals surface area contributed by atoms with Gasteiger partial charge in [-0.2, -0.15) is 0 Å². The monoisotopic (exact) mass is 280 g/mol. The van der Waals surface area contributed by atoms with Gasteiger partial charge in [-0.3, -0.25) is 10.1 Å². The minimum Gasteiger partial charge on any atom is -0.480 e. The molecule has 0 spiro atoms. The van der Waals surface area contributed by atoms with Crippen molar-refractivity contribution in [1.82, 2.24) is 5.32 Å². The quantitative estimate of drug-likeness (QED) is 0.325. The van der Waals surface area contributed by atoms with E-state index in [4.69, 9.17) is 9.47 Å². The predicted molar refractivity (Wildman–Crippen MR) is 77.0 cm³/mol. The summed E-state index contributed by atoms with van der Waals surface area (Å²) in [4.78, 5) is 10.5. The van der Waals surface area contributed by atoms with Crippen LogP contribution in [-0.4, -0.2) is 31.3 Å². The van der Waals surface area contributed by atoms with Crippen molar-refractivity contribution in [2.45, 2.75) is 19.6 Å². The van der Waals surface area contributed by atoms with Crippen molar-refractivity contribution < 1.29 is 14.4 Å². The summed E-state index contributed by atoms with van der Waals surface area (Å²) < 4.78 is 10.4. The van der Waals surface area contributed by atoms with Crippen LogP contribution in [0.1, 0.15) is 12.5 Å². The molecule has 1 aromatic rings. The van der Waals surface area contributed by atoms with Gasteiger partial charge in [0.1, 0.15) is 6.10 Å². The van der Waals surface area contributed by atoms with Gasteiger partial charge in [-0.15, -0.1) is 0 Å². The summed E-state index contributed by atoms with van der Waals surface area (Å²) in [5.41, 5.74) is 0.873. The van der Waals surface area contributed by atoms with E-state index in [2.05, 4.69) is 11.9 Å². The number of hydrogen-bond acceptors (Lipinski definition) is 5. The van der Waals surface area contributed by atoms with Crippen LogP contribution in [0.5, 0.6) is 5.75 Å². The third kappa shape index (κ3) is 4.99. The third-order valence-electron chi connectivity index (χ3n) is 2.68. The first kappa shape index (κ1) is 16.1. The first-order chi connectivity index (χ1) is 9.58. The molecule has 0 radical (unpaired) electrons. The Balaban J connectivity index is 2.81. The van der Waals surface area contributed by atoms with Gasteiger partial charge in [0, 0.05) is 26.3 Å². The molecule has 1 rings (SSSR count). The van der Waals surface area contributed by atoms with E-state index in [0.29, 0.717) is 19.7 Å². The number of hydrogen-bond donors (Lipinski definition) is 1. The molecule has 0 aliphatic heterocycles. The molecule has 110 valence electrons. The van der Waals surface area contributed by atoms with Gasteiger partial charge in [-0.25, -0.2) is 0 Å². The molecule has 0 saturated heterocycles. The van der Waals surface area contributed by atoms with Crippen LogP contribution in [0.4, 0.5) is 5.69 Å². The zero-order valence-electron chi connectivity index (χ0n) is 11.8. The average Bonchev–Trinajstić information content (AvgIpc) is 2.43. The molecule has 1 unspecified atom stereocenters. The maximum absolute atomic E-state index is 11.0. The van der Waals surface area contributed by atoms with E-state index in [1.807, 2.05) is 0 Å². The van der Waals surface area contributed by atoms with Crippen LogP contribution >= 0.6 is 0 Å². The van der Waals surface area contributed by atoms with Crippen molar-refractivity contribution in [2.75, 3.05) is 20.3 Å². The predicted octanol–water partition coefficient (Wildman–Crippen LogP) is 2.28. The zero-order chi connectivity index (χ0) is 15.0. The largest absolute Gasteiger partial charge is 0.480 e. The molecule has 1 aromatic carbocycles. The molecule has 6 nitrogen and oxygen atoms in total. The summed E-state index contributed by atoms with van der Waals surface area (Å²) >= 11 is 0. The molecule has 0 aromatic heterocycles. The number of ether oxygens (including phenoxy) is 2. The Morgan fingerprint density at radius 1 is 1.55 bits per heavy atom. The van der Waals surface area contributed by atoms with Gasteiger partial charge in [-0.1, -0.05) is 18.7 Å². The Labute approximate surface area is 118 Å². The molecule has 0 heterocycles. The number of nitro groups is 1. The SMILES string of the molecule is C=CC(C)Oc1cc(CNCCOC)ccc1[N+](=O)[O-]. The fraction of sp³-hybridized carbons (Fsp3) is 0.429. The van der Waals surface area contributed by atoms with E-state index in [-0.39, 0.29) is 17.5 Å². The van der Waals surface area contributed by atoms with Crippen LogP contribution in [0.15, 0.2) is 30.9 Å². The Kier molecular flexibility index (Phi) is 6.69. The van der Waals surface area contributed by atoms with Gasteiger partial charge in [0.2, 0.25) is 0 Å². The fourth-order valence-electron chi connectivity index (χ4n) is 1.57. The highest BCUT2D eigenvalue weighted by molar-refractivity contribution is 5.48. The Hall–Kier alpha value is -1.92. The molecule has 1 atom stereocenters. The molecule has 0 bridgehead atoms. The average molecular weight is 280 g/mol. The second-order valence-corrected chi connectivity index (χ2v) is 4.29. The van der Waals surface area contributed by atoms with Crippen molar-refractivity contribution in [3.63, 3.8) is 0 Å². The molecule has 0 aliphatic carbocycles. The van der Waals surface area contributed by atoms with E-state index in [1.54, 1.807) is 32.2 Å². The maximum atomic E-state index is 11.0. The molecule has 0 amide bonds. The summed E-state index contributed by atoms with van der Waals surface area (Å²) in [5, 5.41) is 14.1. The Bertz CT molecular complexity index is 462. The van der Waals surface area contributed by atoms with Crippen molar-refractivity contribution >= 4 is 5.69 Å². The number of nitrogens with one attached hydrogen (secondary N) is 1. The number of methoxy groups -OCH3 is 1. The Morgan fingerprint density at radius 3 is 2.90 bits per heavy atom. The highest BCUT2D eigenvalue weighted by Gasteiger charge is 2.16. The number of nitrogens with zero attached hydrogens (tertiary/aromatic N) is 1. The van der Waals surface area contributed by atoms with Gasteiger partial charge in [0.15, 0.2) is 5.75 Å². The van der Waals surface area contributed by atoms with Gasteiger partial charge in [0.05, 0.1) is 11.5 Å². The zero-order valence-corrected chi connectivity index (χ0v) is 11.8. The van der Waals surface area contributed by atoms with Crippen LogP contribution in [0, 0.1) is 10.1 Å². The van der Waals surface area contributed by atoms with E-state index in [9.17, 15) is 10.1 Å². The lowest BCUT2D eigenvalue weighted by Crippen LogP contribution is -2.18. The topological polar surface area (TPSA) is 73.6 Å². The van der Waals surface area contributed by atoms with Crippen molar-refractivity contribution in [3.05, 3.63) is 46.5 Å². The lowest BCUT2D eigenvalue weighted by molar-refractivity contribution is -0.386. The second kappa shape index (κ2) is 8.29. The number of benzene rings is 1.